The third kappa shape index (κ3) is 1.71. The van der Waals surface area contributed by atoms with E-state index in [-0.39, 0.29) is 5.88 Å². The van der Waals surface area contributed by atoms with Gasteiger partial charge in [0, 0.05) is 24.2 Å². The van der Waals surface area contributed by atoms with Crippen LogP contribution in [-0.4, -0.2) is 15.1 Å². The number of rotatable bonds is 2. The summed E-state index contributed by atoms with van der Waals surface area (Å²) in [5, 5.41) is 3.97. The van der Waals surface area contributed by atoms with Gasteiger partial charge < -0.3 is 10.3 Å². The van der Waals surface area contributed by atoms with E-state index in [1.165, 1.54) is 0 Å². The standard InChI is InChI=1S/C13H10N4O/c14-13-11(9-4-3-6-15-8-9)12(17-18-13)10-5-1-2-7-16-10/h1-8H,14H2. The Morgan fingerprint density at radius 3 is 2.72 bits per heavy atom. The molecular weight excluding hydrogens is 228 g/mol. The van der Waals surface area contributed by atoms with Crippen LogP contribution >= 0.6 is 0 Å². The quantitative estimate of drug-likeness (QED) is 0.741. The van der Waals surface area contributed by atoms with Gasteiger partial charge in [0.05, 0.1) is 11.3 Å². The fourth-order valence-electron chi connectivity index (χ4n) is 1.77. The molecule has 3 aromatic heterocycles. The van der Waals surface area contributed by atoms with E-state index < -0.39 is 0 Å². The van der Waals surface area contributed by atoms with E-state index in [4.69, 9.17) is 10.3 Å². The zero-order chi connectivity index (χ0) is 12.4. The molecule has 0 aliphatic rings. The zero-order valence-corrected chi connectivity index (χ0v) is 9.45. The Kier molecular flexibility index (Phi) is 2.49. The van der Waals surface area contributed by atoms with Crippen LogP contribution in [0.25, 0.3) is 22.5 Å². The van der Waals surface area contributed by atoms with Crippen LogP contribution in [0.3, 0.4) is 0 Å². The fourth-order valence-corrected chi connectivity index (χ4v) is 1.77. The van der Waals surface area contributed by atoms with E-state index in [1.807, 2.05) is 30.3 Å². The number of anilines is 1. The molecule has 3 aromatic rings. The average Bonchev–Trinajstić information content (AvgIpc) is 2.83. The number of hydrogen-bond donors (Lipinski definition) is 1. The zero-order valence-electron chi connectivity index (χ0n) is 9.45. The van der Waals surface area contributed by atoms with Crippen LogP contribution in [0.15, 0.2) is 53.4 Å². The number of nitrogen functional groups attached to an aromatic ring is 1. The lowest BCUT2D eigenvalue weighted by Gasteiger charge is -2.00. The summed E-state index contributed by atoms with van der Waals surface area (Å²) in [5.74, 6) is 0.267. The van der Waals surface area contributed by atoms with Gasteiger partial charge in [-0.05, 0) is 18.2 Å². The second kappa shape index (κ2) is 4.29. The maximum atomic E-state index is 5.83. The molecule has 0 bridgehead atoms. The van der Waals surface area contributed by atoms with E-state index >= 15 is 0 Å². The predicted octanol–water partition coefficient (Wildman–Crippen LogP) is 2.38. The Bertz CT molecular complexity index is 649. The van der Waals surface area contributed by atoms with Crippen molar-refractivity contribution in [3.05, 3.63) is 48.9 Å². The molecule has 3 heterocycles. The first kappa shape index (κ1) is 10.5. The second-order valence-corrected chi connectivity index (χ2v) is 3.73. The molecule has 0 aromatic carbocycles. The molecule has 0 spiro atoms. The van der Waals surface area contributed by atoms with E-state index in [2.05, 4.69) is 15.1 Å². The van der Waals surface area contributed by atoms with Gasteiger partial charge in [0.1, 0.15) is 5.69 Å². The molecule has 3 rings (SSSR count). The topological polar surface area (TPSA) is 77.8 Å². The van der Waals surface area contributed by atoms with Gasteiger partial charge in [-0.25, -0.2) is 0 Å². The van der Waals surface area contributed by atoms with Crippen molar-refractivity contribution >= 4 is 5.88 Å². The normalized spacial score (nSPS) is 10.4. The van der Waals surface area contributed by atoms with Gasteiger partial charge in [0.2, 0.25) is 5.88 Å². The third-order valence-electron chi connectivity index (χ3n) is 2.58. The van der Waals surface area contributed by atoms with Gasteiger partial charge in [0.15, 0.2) is 0 Å². The largest absolute Gasteiger partial charge is 0.367 e. The van der Waals surface area contributed by atoms with Crippen LogP contribution in [0.2, 0.25) is 0 Å². The molecule has 0 radical (unpaired) electrons. The molecule has 5 nitrogen and oxygen atoms in total. The molecule has 0 atom stereocenters. The summed E-state index contributed by atoms with van der Waals surface area (Å²) >= 11 is 0. The van der Waals surface area contributed by atoms with Gasteiger partial charge in [-0.15, -0.1) is 0 Å². The predicted molar refractivity (Wildman–Crippen MR) is 67.4 cm³/mol. The molecule has 0 saturated carbocycles. The first-order chi connectivity index (χ1) is 8.86. The highest BCUT2D eigenvalue weighted by Gasteiger charge is 2.17. The van der Waals surface area contributed by atoms with Crippen molar-refractivity contribution in [1.82, 2.24) is 15.1 Å². The van der Waals surface area contributed by atoms with Gasteiger partial charge in [0.25, 0.3) is 0 Å². The summed E-state index contributed by atoms with van der Waals surface area (Å²) in [6.07, 6.45) is 5.12. The van der Waals surface area contributed by atoms with Gasteiger partial charge >= 0.3 is 0 Å². The summed E-state index contributed by atoms with van der Waals surface area (Å²) in [6.45, 7) is 0. The lowest BCUT2D eigenvalue weighted by Crippen LogP contribution is -1.89. The van der Waals surface area contributed by atoms with Gasteiger partial charge in [-0.2, -0.15) is 0 Å². The summed E-state index contributed by atoms with van der Waals surface area (Å²) in [7, 11) is 0. The highest BCUT2D eigenvalue weighted by molar-refractivity contribution is 5.85. The van der Waals surface area contributed by atoms with Crippen LogP contribution in [0, 0.1) is 0 Å². The summed E-state index contributed by atoms with van der Waals surface area (Å²) in [6, 6.07) is 9.33. The van der Waals surface area contributed by atoms with Crippen LogP contribution in [0.1, 0.15) is 0 Å². The summed E-state index contributed by atoms with van der Waals surface area (Å²) in [4.78, 5) is 8.32. The summed E-state index contributed by atoms with van der Waals surface area (Å²) in [5.41, 5.74) is 8.75. The van der Waals surface area contributed by atoms with Gasteiger partial charge in [-0.1, -0.05) is 17.3 Å². The Morgan fingerprint density at radius 2 is 2.00 bits per heavy atom. The third-order valence-corrected chi connectivity index (χ3v) is 2.58. The Hall–Kier alpha value is -2.69. The molecule has 88 valence electrons. The molecule has 18 heavy (non-hydrogen) atoms. The highest BCUT2D eigenvalue weighted by Crippen LogP contribution is 2.34. The lowest BCUT2D eigenvalue weighted by atomic mass is 10.1. The molecule has 0 amide bonds. The van der Waals surface area contributed by atoms with Crippen LogP contribution in [0.5, 0.6) is 0 Å². The first-order valence-corrected chi connectivity index (χ1v) is 5.43. The maximum Gasteiger partial charge on any atom is 0.230 e. The molecule has 5 heteroatoms. The smallest absolute Gasteiger partial charge is 0.230 e. The van der Waals surface area contributed by atoms with Crippen molar-refractivity contribution in [3.8, 4) is 22.5 Å². The second-order valence-electron chi connectivity index (χ2n) is 3.73. The molecular formula is C13H10N4O. The SMILES string of the molecule is Nc1onc(-c2ccccn2)c1-c1cccnc1. The van der Waals surface area contributed by atoms with Crippen LogP contribution in [0.4, 0.5) is 5.88 Å². The minimum atomic E-state index is 0.267. The van der Waals surface area contributed by atoms with E-state index in [0.717, 1.165) is 16.8 Å². The number of aromatic nitrogens is 3. The molecule has 0 unspecified atom stereocenters. The maximum absolute atomic E-state index is 5.83. The van der Waals surface area contributed by atoms with Gasteiger partial charge in [-0.3, -0.25) is 9.97 Å². The molecule has 0 fully saturated rings. The molecule has 2 N–H and O–H groups in total. The Morgan fingerprint density at radius 1 is 1.06 bits per heavy atom. The average molecular weight is 238 g/mol. The van der Waals surface area contributed by atoms with E-state index in [9.17, 15) is 0 Å². The van der Waals surface area contributed by atoms with E-state index in [0.29, 0.717) is 5.69 Å². The van der Waals surface area contributed by atoms with Crippen molar-refractivity contribution in [2.45, 2.75) is 0 Å². The summed E-state index contributed by atoms with van der Waals surface area (Å²) < 4.78 is 5.06. The number of pyridine rings is 2. The first-order valence-electron chi connectivity index (χ1n) is 5.43. The Balaban J connectivity index is 2.19. The van der Waals surface area contributed by atoms with Crippen molar-refractivity contribution in [2.24, 2.45) is 0 Å². The van der Waals surface area contributed by atoms with Crippen molar-refractivity contribution in [1.29, 1.82) is 0 Å². The minimum Gasteiger partial charge on any atom is -0.367 e. The molecule has 0 aliphatic carbocycles. The fraction of sp³-hybridized carbons (Fsp3) is 0. The van der Waals surface area contributed by atoms with Crippen molar-refractivity contribution in [2.75, 3.05) is 5.73 Å². The lowest BCUT2D eigenvalue weighted by molar-refractivity contribution is 0.439. The monoisotopic (exact) mass is 238 g/mol. The van der Waals surface area contributed by atoms with Crippen molar-refractivity contribution < 1.29 is 4.52 Å². The van der Waals surface area contributed by atoms with E-state index in [1.54, 1.807) is 18.6 Å². The number of hydrogen-bond acceptors (Lipinski definition) is 5. The number of nitrogens with zero attached hydrogens (tertiary/aromatic N) is 3. The number of nitrogens with two attached hydrogens (primary N) is 1. The van der Waals surface area contributed by atoms with Crippen LogP contribution in [-0.2, 0) is 0 Å². The minimum absolute atomic E-state index is 0.267. The Labute approximate surface area is 103 Å². The highest BCUT2D eigenvalue weighted by atomic mass is 16.5. The molecule has 0 aliphatic heterocycles. The van der Waals surface area contributed by atoms with Crippen LogP contribution < -0.4 is 5.73 Å². The molecule has 0 saturated heterocycles. The van der Waals surface area contributed by atoms with Crippen molar-refractivity contribution in [3.63, 3.8) is 0 Å².